The second-order valence-corrected chi connectivity index (χ2v) is 6.82. The maximum Gasteiger partial charge on any atom is 0.276 e. The lowest BCUT2D eigenvalue weighted by Crippen LogP contribution is -2.45. The lowest BCUT2D eigenvalue weighted by atomic mass is 10.0. The molecule has 5 nitrogen and oxygen atoms in total. The third-order valence-corrected chi connectivity index (χ3v) is 4.11. The number of amides is 1. The largest absolute Gasteiger partial charge is 0.483 e. The molecule has 0 heterocycles. The van der Waals surface area contributed by atoms with Gasteiger partial charge in [-0.3, -0.25) is 15.6 Å². The molecule has 2 aromatic rings. The van der Waals surface area contributed by atoms with Crippen molar-refractivity contribution in [2.75, 3.05) is 11.9 Å². The van der Waals surface area contributed by atoms with Crippen molar-refractivity contribution in [3.05, 3.63) is 59.2 Å². The molecule has 0 aliphatic heterocycles. The first-order valence-electron chi connectivity index (χ1n) is 8.51. The van der Waals surface area contributed by atoms with E-state index in [9.17, 15) is 4.79 Å². The Morgan fingerprint density at radius 3 is 2.23 bits per heavy atom. The minimum Gasteiger partial charge on any atom is -0.483 e. The smallest absolute Gasteiger partial charge is 0.276 e. The van der Waals surface area contributed by atoms with Crippen molar-refractivity contribution < 1.29 is 9.53 Å². The molecule has 0 aromatic heterocycles. The van der Waals surface area contributed by atoms with Gasteiger partial charge in [0.05, 0.1) is 0 Å². The SMILES string of the molecule is Cc1cccc(C)c1OCC(=O)NNC(=S)Nc1ccc(C(C)C)cc1. The number of carbonyl (C=O) groups excluding carboxylic acids is 1. The van der Waals surface area contributed by atoms with E-state index in [1.165, 1.54) is 5.56 Å². The molecule has 6 heteroatoms. The summed E-state index contributed by atoms with van der Waals surface area (Å²) >= 11 is 5.18. The number of hydrogen-bond donors (Lipinski definition) is 3. The van der Waals surface area contributed by atoms with Gasteiger partial charge >= 0.3 is 0 Å². The van der Waals surface area contributed by atoms with Gasteiger partial charge in [0.2, 0.25) is 0 Å². The number of rotatable bonds is 5. The van der Waals surface area contributed by atoms with Gasteiger partial charge in [-0.2, -0.15) is 0 Å². The van der Waals surface area contributed by atoms with Crippen LogP contribution in [-0.2, 0) is 4.79 Å². The van der Waals surface area contributed by atoms with Crippen molar-refractivity contribution in [1.29, 1.82) is 0 Å². The summed E-state index contributed by atoms with van der Waals surface area (Å²) in [6, 6.07) is 13.9. The standard InChI is InChI=1S/C20H25N3O2S/c1-13(2)16-8-10-17(11-9-16)21-20(26)23-22-18(24)12-25-19-14(3)6-5-7-15(19)4/h5-11,13H,12H2,1-4H3,(H,22,24)(H2,21,23,26). The Bertz CT molecular complexity index is 753. The van der Waals surface area contributed by atoms with Gasteiger partial charge in [-0.1, -0.05) is 44.2 Å². The predicted molar refractivity (Wildman–Crippen MR) is 109 cm³/mol. The summed E-state index contributed by atoms with van der Waals surface area (Å²) in [5, 5.41) is 3.33. The molecule has 2 rings (SSSR count). The van der Waals surface area contributed by atoms with Crippen LogP contribution in [0, 0.1) is 13.8 Å². The average Bonchev–Trinajstić information content (AvgIpc) is 2.60. The molecule has 0 radical (unpaired) electrons. The molecule has 138 valence electrons. The van der Waals surface area contributed by atoms with E-state index in [0.29, 0.717) is 11.0 Å². The summed E-state index contributed by atoms with van der Waals surface area (Å²) in [6.45, 7) is 8.09. The lowest BCUT2D eigenvalue weighted by molar-refractivity contribution is -0.123. The van der Waals surface area contributed by atoms with Gasteiger partial charge in [0.25, 0.3) is 5.91 Å². The number of hydrazine groups is 1. The van der Waals surface area contributed by atoms with Crippen molar-refractivity contribution in [3.8, 4) is 5.75 Å². The van der Waals surface area contributed by atoms with Crippen LogP contribution in [0.15, 0.2) is 42.5 Å². The minimum absolute atomic E-state index is 0.0929. The molecule has 0 saturated heterocycles. The van der Waals surface area contributed by atoms with Crippen molar-refractivity contribution >= 4 is 28.9 Å². The Kier molecular flexibility index (Phi) is 6.97. The van der Waals surface area contributed by atoms with Crippen molar-refractivity contribution in [2.24, 2.45) is 0 Å². The second kappa shape index (κ2) is 9.20. The summed E-state index contributed by atoms with van der Waals surface area (Å²) < 4.78 is 5.60. The van der Waals surface area contributed by atoms with E-state index >= 15 is 0 Å². The molecule has 26 heavy (non-hydrogen) atoms. The highest BCUT2D eigenvalue weighted by Crippen LogP contribution is 2.22. The number of anilines is 1. The normalized spacial score (nSPS) is 10.3. The summed E-state index contributed by atoms with van der Waals surface area (Å²) in [6.07, 6.45) is 0. The Labute approximate surface area is 160 Å². The molecule has 0 spiro atoms. The topological polar surface area (TPSA) is 62.4 Å². The van der Waals surface area contributed by atoms with Crippen molar-refractivity contribution in [3.63, 3.8) is 0 Å². The first kappa shape index (κ1) is 19.7. The molecule has 3 N–H and O–H groups in total. The van der Waals surface area contributed by atoms with Crippen LogP contribution >= 0.6 is 12.2 Å². The van der Waals surface area contributed by atoms with Gasteiger partial charge in [0.15, 0.2) is 11.7 Å². The third-order valence-electron chi connectivity index (χ3n) is 3.91. The molecule has 0 saturated carbocycles. The molecule has 0 aliphatic carbocycles. The maximum absolute atomic E-state index is 11.9. The van der Waals surface area contributed by atoms with Crippen LogP contribution < -0.4 is 20.9 Å². The number of thiocarbonyl (C=S) groups is 1. The summed E-state index contributed by atoms with van der Waals surface area (Å²) in [7, 11) is 0. The number of ether oxygens (including phenoxy) is 1. The molecular formula is C20H25N3O2S. The quantitative estimate of drug-likeness (QED) is 0.551. The van der Waals surface area contributed by atoms with E-state index in [1.807, 2.05) is 56.3 Å². The zero-order valence-corrected chi connectivity index (χ0v) is 16.4. The van der Waals surface area contributed by atoms with Gasteiger partial charge in [-0.25, -0.2) is 0 Å². The van der Waals surface area contributed by atoms with E-state index in [2.05, 4.69) is 30.0 Å². The Hall–Kier alpha value is -2.60. The highest BCUT2D eigenvalue weighted by atomic mass is 32.1. The first-order valence-corrected chi connectivity index (χ1v) is 8.92. The Morgan fingerprint density at radius 1 is 1.04 bits per heavy atom. The van der Waals surface area contributed by atoms with Crippen LogP contribution in [0.4, 0.5) is 5.69 Å². The number of hydrogen-bond acceptors (Lipinski definition) is 3. The molecule has 1 amide bonds. The van der Waals surface area contributed by atoms with E-state index in [0.717, 1.165) is 22.6 Å². The van der Waals surface area contributed by atoms with E-state index in [4.69, 9.17) is 17.0 Å². The summed E-state index contributed by atoms with van der Waals surface area (Å²) in [5.41, 5.74) is 9.30. The molecule has 0 atom stereocenters. The molecule has 0 unspecified atom stereocenters. The fourth-order valence-electron chi connectivity index (χ4n) is 2.44. The van der Waals surface area contributed by atoms with Crippen molar-refractivity contribution in [2.45, 2.75) is 33.6 Å². The van der Waals surface area contributed by atoms with Gasteiger partial charge in [0, 0.05) is 5.69 Å². The van der Waals surface area contributed by atoms with Crippen LogP contribution in [0.2, 0.25) is 0 Å². The highest BCUT2D eigenvalue weighted by Gasteiger charge is 2.08. The van der Waals surface area contributed by atoms with Gasteiger partial charge < -0.3 is 10.1 Å². The van der Waals surface area contributed by atoms with Crippen LogP contribution in [0.1, 0.15) is 36.5 Å². The highest BCUT2D eigenvalue weighted by molar-refractivity contribution is 7.80. The third kappa shape index (κ3) is 5.74. The molecule has 2 aromatic carbocycles. The fraction of sp³-hybridized carbons (Fsp3) is 0.300. The molecule has 0 fully saturated rings. The number of carbonyl (C=O) groups is 1. The number of aryl methyl sites for hydroxylation is 2. The average molecular weight is 372 g/mol. The second-order valence-electron chi connectivity index (χ2n) is 6.41. The predicted octanol–water partition coefficient (Wildman–Crippen LogP) is 3.82. The minimum atomic E-state index is -0.313. The molecule has 0 aliphatic rings. The Morgan fingerprint density at radius 2 is 1.65 bits per heavy atom. The van der Waals surface area contributed by atoms with E-state index in [1.54, 1.807) is 0 Å². The number of benzene rings is 2. The molecule has 0 bridgehead atoms. The van der Waals surface area contributed by atoms with Crippen molar-refractivity contribution in [1.82, 2.24) is 10.9 Å². The van der Waals surface area contributed by atoms with Gasteiger partial charge in [0.1, 0.15) is 5.75 Å². The lowest BCUT2D eigenvalue weighted by Gasteiger charge is -2.14. The monoisotopic (exact) mass is 371 g/mol. The van der Waals surface area contributed by atoms with Crippen LogP contribution in [0.3, 0.4) is 0 Å². The first-order chi connectivity index (χ1) is 12.4. The van der Waals surface area contributed by atoms with E-state index < -0.39 is 0 Å². The van der Waals surface area contributed by atoms with Crippen LogP contribution in [0.5, 0.6) is 5.75 Å². The fourth-order valence-corrected chi connectivity index (χ4v) is 2.61. The van der Waals surface area contributed by atoms with Crippen LogP contribution in [-0.4, -0.2) is 17.6 Å². The van der Waals surface area contributed by atoms with Gasteiger partial charge in [-0.05, 0) is 60.8 Å². The van der Waals surface area contributed by atoms with Gasteiger partial charge in [-0.15, -0.1) is 0 Å². The van der Waals surface area contributed by atoms with Crippen LogP contribution in [0.25, 0.3) is 0 Å². The van der Waals surface area contributed by atoms with E-state index in [-0.39, 0.29) is 12.5 Å². The Balaban J connectivity index is 1.77. The summed E-state index contributed by atoms with van der Waals surface area (Å²) in [4.78, 5) is 11.9. The summed E-state index contributed by atoms with van der Waals surface area (Å²) in [5.74, 6) is 0.894. The number of nitrogens with one attached hydrogen (secondary N) is 3. The zero-order chi connectivity index (χ0) is 19.1. The zero-order valence-electron chi connectivity index (χ0n) is 15.6. The molecular weight excluding hydrogens is 346 g/mol. The maximum atomic E-state index is 11.9. The number of para-hydroxylation sites is 1.